The monoisotopic (exact) mass is 151 g/mol. The Balaban J connectivity index is 0.000000112. The average molecular weight is 151 g/mol. The third-order valence-corrected chi connectivity index (χ3v) is 1.24. The van der Waals surface area contributed by atoms with Crippen LogP contribution in [-0.2, 0) is 0 Å². The normalized spacial score (nSPS) is 14.5. The molecule has 3 heteroatoms. The van der Waals surface area contributed by atoms with E-state index in [1.807, 2.05) is 30.7 Å². The lowest BCUT2D eigenvalue weighted by atomic mass is 10.4. The van der Waals surface area contributed by atoms with Crippen molar-refractivity contribution in [2.75, 3.05) is 6.54 Å². The molecular formula is C8H13N3. The van der Waals surface area contributed by atoms with Crippen LogP contribution in [0.4, 0.5) is 0 Å². The van der Waals surface area contributed by atoms with Gasteiger partial charge < -0.3 is 10.4 Å². The zero-order valence-corrected chi connectivity index (χ0v) is 6.38. The molecule has 0 aliphatic carbocycles. The van der Waals surface area contributed by atoms with Crippen molar-refractivity contribution in [2.45, 2.75) is 6.42 Å². The summed E-state index contributed by atoms with van der Waals surface area (Å²) in [7, 11) is 0. The second-order valence-electron chi connectivity index (χ2n) is 2.15. The molecule has 0 fully saturated rings. The molecule has 2 rings (SSSR count). The van der Waals surface area contributed by atoms with Gasteiger partial charge in [-0.15, -0.1) is 0 Å². The molecule has 0 unspecified atom stereocenters. The van der Waals surface area contributed by atoms with Crippen LogP contribution in [0, 0.1) is 0 Å². The van der Waals surface area contributed by atoms with Gasteiger partial charge in [0.2, 0.25) is 0 Å². The first kappa shape index (κ1) is 7.88. The third-order valence-electron chi connectivity index (χ3n) is 1.24. The summed E-state index contributed by atoms with van der Waals surface area (Å²) in [5, 5.41) is 0. The highest BCUT2D eigenvalue weighted by Crippen LogP contribution is 1.79. The van der Waals surface area contributed by atoms with Crippen molar-refractivity contribution in [3.63, 3.8) is 0 Å². The summed E-state index contributed by atoms with van der Waals surface area (Å²) < 4.78 is 0. The molecule has 0 saturated carbocycles. The fourth-order valence-electron chi connectivity index (χ4n) is 0.707. The van der Waals surface area contributed by atoms with Crippen molar-refractivity contribution in [3.05, 3.63) is 36.8 Å². The van der Waals surface area contributed by atoms with E-state index >= 15 is 0 Å². The average Bonchev–Trinajstić information content (AvgIpc) is 2.64. The fraction of sp³-hybridized carbons (Fsp3) is 0.250. The van der Waals surface area contributed by atoms with Gasteiger partial charge in [0.15, 0.2) is 0 Å². The standard InChI is InChI=1S/C4H8N2.C4H5N/c1-2-4-6-5-3-1;1-2-4-5-3-1/h1,3,5-6H,2,4H2;1-5H. The SMILES string of the molecule is C1=CNNCC1.c1cc[nH]c1. The summed E-state index contributed by atoms with van der Waals surface area (Å²) >= 11 is 0. The van der Waals surface area contributed by atoms with E-state index in [0.717, 1.165) is 13.0 Å². The van der Waals surface area contributed by atoms with Crippen molar-refractivity contribution in [2.24, 2.45) is 0 Å². The highest BCUT2D eigenvalue weighted by atomic mass is 15.3. The maximum absolute atomic E-state index is 2.95. The molecule has 0 saturated heterocycles. The minimum atomic E-state index is 1.05. The van der Waals surface area contributed by atoms with Crippen LogP contribution in [0.2, 0.25) is 0 Å². The summed E-state index contributed by atoms with van der Waals surface area (Å²) in [6.45, 7) is 1.05. The number of H-pyrrole nitrogens is 1. The minimum absolute atomic E-state index is 1.05. The van der Waals surface area contributed by atoms with Crippen molar-refractivity contribution in [1.82, 2.24) is 15.8 Å². The zero-order valence-electron chi connectivity index (χ0n) is 6.38. The highest BCUT2D eigenvalue weighted by molar-refractivity contribution is 4.84. The topological polar surface area (TPSA) is 39.8 Å². The predicted molar refractivity (Wildman–Crippen MR) is 45.7 cm³/mol. The molecular weight excluding hydrogens is 138 g/mol. The van der Waals surface area contributed by atoms with Crippen LogP contribution in [0.15, 0.2) is 36.8 Å². The summed E-state index contributed by atoms with van der Waals surface area (Å²) in [4.78, 5) is 2.86. The van der Waals surface area contributed by atoms with Crippen LogP contribution in [0.5, 0.6) is 0 Å². The Morgan fingerprint density at radius 1 is 1.09 bits per heavy atom. The lowest BCUT2D eigenvalue weighted by Crippen LogP contribution is -2.30. The van der Waals surface area contributed by atoms with Crippen LogP contribution in [0.3, 0.4) is 0 Å². The van der Waals surface area contributed by atoms with Gasteiger partial charge in [0.05, 0.1) is 0 Å². The molecule has 1 aliphatic heterocycles. The summed E-state index contributed by atoms with van der Waals surface area (Å²) in [5.74, 6) is 0. The van der Waals surface area contributed by atoms with E-state index in [0.29, 0.717) is 0 Å². The van der Waals surface area contributed by atoms with Crippen molar-refractivity contribution >= 4 is 0 Å². The molecule has 0 bridgehead atoms. The first-order chi connectivity index (χ1) is 5.50. The largest absolute Gasteiger partial charge is 0.368 e. The summed E-state index contributed by atoms with van der Waals surface area (Å²) in [5.41, 5.74) is 5.80. The van der Waals surface area contributed by atoms with Gasteiger partial charge in [0, 0.05) is 25.1 Å². The lowest BCUT2D eigenvalue weighted by molar-refractivity contribution is 0.605. The van der Waals surface area contributed by atoms with Gasteiger partial charge in [-0.1, -0.05) is 6.08 Å². The Kier molecular flexibility index (Phi) is 3.98. The van der Waals surface area contributed by atoms with Crippen LogP contribution in [0.1, 0.15) is 6.42 Å². The molecule has 3 nitrogen and oxygen atoms in total. The number of hydrogen-bond acceptors (Lipinski definition) is 2. The van der Waals surface area contributed by atoms with Gasteiger partial charge in [-0.05, 0) is 18.6 Å². The third kappa shape index (κ3) is 4.22. The Hall–Kier alpha value is -1.22. The Morgan fingerprint density at radius 3 is 2.09 bits per heavy atom. The van der Waals surface area contributed by atoms with Crippen LogP contribution >= 0.6 is 0 Å². The van der Waals surface area contributed by atoms with Crippen molar-refractivity contribution in [1.29, 1.82) is 0 Å². The van der Waals surface area contributed by atoms with E-state index in [2.05, 4.69) is 21.9 Å². The second kappa shape index (κ2) is 5.56. The number of aromatic nitrogens is 1. The van der Waals surface area contributed by atoms with E-state index < -0.39 is 0 Å². The fourth-order valence-corrected chi connectivity index (χ4v) is 0.707. The first-order valence-corrected chi connectivity index (χ1v) is 3.71. The Bertz CT molecular complexity index is 154. The van der Waals surface area contributed by atoms with E-state index in [9.17, 15) is 0 Å². The quantitative estimate of drug-likeness (QED) is 0.518. The molecule has 1 aliphatic rings. The molecule has 2 heterocycles. The zero-order chi connectivity index (χ0) is 7.78. The van der Waals surface area contributed by atoms with Gasteiger partial charge >= 0.3 is 0 Å². The number of aromatic amines is 1. The van der Waals surface area contributed by atoms with E-state index in [4.69, 9.17) is 0 Å². The van der Waals surface area contributed by atoms with Gasteiger partial charge in [0.25, 0.3) is 0 Å². The van der Waals surface area contributed by atoms with Gasteiger partial charge in [0.1, 0.15) is 0 Å². The van der Waals surface area contributed by atoms with E-state index in [1.165, 1.54) is 0 Å². The molecule has 60 valence electrons. The Morgan fingerprint density at radius 2 is 1.91 bits per heavy atom. The van der Waals surface area contributed by atoms with Crippen molar-refractivity contribution in [3.8, 4) is 0 Å². The maximum Gasteiger partial charge on any atom is 0.0183 e. The lowest BCUT2D eigenvalue weighted by Gasteiger charge is -2.04. The number of hydrogen-bond donors (Lipinski definition) is 3. The second-order valence-corrected chi connectivity index (χ2v) is 2.15. The first-order valence-electron chi connectivity index (χ1n) is 3.71. The molecule has 1 aromatic rings. The minimum Gasteiger partial charge on any atom is -0.368 e. The number of rotatable bonds is 0. The van der Waals surface area contributed by atoms with Gasteiger partial charge in [-0.3, -0.25) is 0 Å². The molecule has 0 amide bonds. The number of hydrazine groups is 1. The summed E-state index contributed by atoms with van der Waals surface area (Å²) in [6.07, 6.45) is 8.90. The van der Waals surface area contributed by atoms with Crippen LogP contribution < -0.4 is 10.9 Å². The molecule has 0 spiro atoms. The smallest absolute Gasteiger partial charge is 0.0183 e. The number of nitrogens with one attached hydrogen (secondary N) is 3. The maximum atomic E-state index is 2.95. The van der Waals surface area contributed by atoms with Gasteiger partial charge in [-0.2, -0.15) is 0 Å². The van der Waals surface area contributed by atoms with Crippen LogP contribution in [0.25, 0.3) is 0 Å². The molecule has 3 N–H and O–H groups in total. The van der Waals surface area contributed by atoms with Gasteiger partial charge in [-0.25, -0.2) is 5.43 Å². The Labute approximate surface area is 66.5 Å². The van der Waals surface area contributed by atoms with E-state index in [-0.39, 0.29) is 0 Å². The predicted octanol–water partition coefficient (Wildman–Crippen LogP) is 1.01. The molecule has 1 aromatic heterocycles. The van der Waals surface area contributed by atoms with E-state index in [1.54, 1.807) is 0 Å². The molecule has 0 atom stereocenters. The summed E-state index contributed by atoms with van der Waals surface area (Å²) in [6, 6.07) is 3.89. The molecule has 11 heavy (non-hydrogen) atoms. The van der Waals surface area contributed by atoms with Crippen molar-refractivity contribution < 1.29 is 0 Å². The highest BCUT2D eigenvalue weighted by Gasteiger charge is 1.82. The molecule has 0 radical (unpaired) electrons. The molecule has 0 aromatic carbocycles. The van der Waals surface area contributed by atoms with Crippen LogP contribution in [-0.4, -0.2) is 11.5 Å².